The summed E-state index contributed by atoms with van der Waals surface area (Å²) in [5, 5.41) is 7.90. The van der Waals surface area contributed by atoms with Crippen molar-refractivity contribution in [1.29, 1.82) is 0 Å². The maximum Gasteiger partial charge on any atom is 0.147 e. The molecule has 0 aliphatic carbocycles. The van der Waals surface area contributed by atoms with E-state index >= 15 is 9.13 Å². The Hall–Kier alpha value is -5.26. The summed E-state index contributed by atoms with van der Waals surface area (Å²) in [6.07, 6.45) is 0.853. The molecule has 0 atom stereocenters. The first-order valence-electron chi connectivity index (χ1n) is 17.0. The fraction of sp³-hybridized carbons (Fsp3) is 0.0435. The summed E-state index contributed by atoms with van der Waals surface area (Å²) in [6.45, 7) is 0. The molecule has 0 spiro atoms. The molecule has 0 N–H and O–H groups in total. The molecule has 50 heavy (non-hydrogen) atoms. The van der Waals surface area contributed by atoms with Crippen molar-refractivity contribution in [3.63, 3.8) is 0 Å². The Kier molecular flexibility index (Phi) is 8.68. The summed E-state index contributed by atoms with van der Waals surface area (Å²) in [4.78, 5) is 0. The Morgan fingerprint density at radius 2 is 0.540 bits per heavy atom. The number of fused-ring (bicyclic) bond motifs is 2. The average molecular weight is 683 g/mol. The largest absolute Gasteiger partial charge is 0.313 e. The summed E-state index contributed by atoms with van der Waals surface area (Å²) in [5.41, 5.74) is 4.37. The van der Waals surface area contributed by atoms with Crippen LogP contribution in [0.1, 0.15) is 11.1 Å². The molecule has 0 aliphatic heterocycles. The van der Waals surface area contributed by atoms with Crippen LogP contribution in [0.15, 0.2) is 194 Å². The van der Waals surface area contributed by atoms with Crippen molar-refractivity contribution in [2.45, 2.75) is 12.3 Å². The van der Waals surface area contributed by atoms with Crippen LogP contribution in [0, 0.1) is 0 Å². The van der Waals surface area contributed by atoms with Crippen LogP contribution in [0.3, 0.4) is 0 Å². The molecule has 0 unspecified atom stereocenters. The second-order valence-corrected chi connectivity index (χ2v) is 18.4. The van der Waals surface area contributed by atoms with Gasteiger partial charge in [0.25, 0.3) is 0 Å². The van der Waals surface area contributed by atoms with Gasteiger partial charge >= 0.3 is 0 Å². The normalized spacial score (nSPS) is 11.9. The highest BCUT2D eigenvalue weighted by molar-refractivity contribution is 7.78. The van der Waals surface area contributed by atoms with Crippen LogP contribution in [0.2, 0.25) is 0 Å². The predicted octanol–water partition coefficient (Wildman–Crippen LogP) is 10.7. The molecule has 0 radical (unpaired) electrons. The first-order valence-corrected chi connectivity index (χ1v) is 20.8. The van der Waals surface area contributed by atoms with Gasteiger partial charge in [-0.25, -0.2) is 0 Å². The number of hydrogen-bond acceptors (Lipinski definition) is 2. The second kappa shape index (κ2) is 13.6. The molecule has 8 aromatic rings. The third-order valence-corrected chi connectivity index (χ3v) is 15.9. The van der Waals surface area contributed by atoms with Gasteiger partial charge in [-0.3, -0.25) is 0 Å². The van der Waals surface area contributed by atoms with Crippen LogP contribution in [0.5, 0.6) is 0 Å². The van der Waals surface area contributed by atoms with Crippen LogP contribution >= 0.6 is 14.3 Å². The molecular weight excluding hydrogens is 646 g/mol. The molecule has 0 bridgehead atoms. The molecule has 0 saturated carbocycles. The number of rotatable bonds is 9. The van der Waals surface area contributed by atoms with E-state index < -0.39 is 14.3 Å². The van der Waals surface area contributed by atoms with Crippen molar-refractivity contribution >= 4 is 57.0 Å². The molecule has 242 valence electrons. The van der Waals surface area contributed by atoms with Crippen LogP contribution < -0.4 is 21.2 Å². The second-order valence-electron chi connectivity index (χ2n) is 12.8. The Balaban J connectivity index is 1.25. The molecule has 8 aromatic carbocycles. The van der Waals surface area contributed by atoms with Gasteiger partial charge in [0, 0.05) is 33.5 Å². The Labute approximate surface area is 293 Å². The molecule has 0 saturated heterocycles. The lowest BCUT2D eigenvalue weighted by atomic mass is 9.91. The first kappa shape index (κ1) is 32.0. The molecule has 8 rings (SSSR count). The van der Waals surface area contributed by atoms with E-state index in [4.69, 9.17) is 0 Å². The van der Waals surface area contributed by atoms with E-state index in [1.165, 1.54) is 0 Å². The minimum Gasteiger partial charge on any atom is -0.313 e. The molecular formula is C46H36O2P2. The van der Waals surface area contributed by atoms with Crippen molar-refractivity contribution in [3.05, 3.63) is 205 Å². The van der Waals surface area contributed by atoms with Gasteiger partial charge < -0.3 is 9.13 Å². The zero-order valence-electron chi connectivity index (χ0n) is 27.6. The summed E-state index contributed by atoms with van der Waals surface area (Å²) in [6, 6.07) is 65.3. The Morgan fingerprint density at radius 3 is 0.840 bits per heavy atom. The third kappa shape index (κ3) is 5.86. The van der Waals surface area contributed by atoms with E-state index in [1.54, 1.807) is 0 Å². The highest BCUT2D eigenvalue weighted by atomic mass is 31.2. The molecule has 2 nitrogen and oxygen atoms in total. The van der Waals surface area contributed by atoms with Crippen molar-refractivity contribution < 1.29 is 9.13 Å². The SMILES string of the molecule is O=P(Cc1ccc(-c2ccc(CP(=O)(c3ccccc3)c3ccccc3)c3ccccc23)c2ccccc12)(c1ccccc1)c1ccccc1. The van der Waals surface area contributed by atoms with Gasteiger partial charge in [0.2, 0.25) is 0 Å². The van der Waals surface area contributed by atoms with Crippen molar-refractivity contribution in [1.82, 2.24) is 0 Å². The highest BCUT2D eigenvalue weighted by Crippen LogP contribution is 2.50. The monoisotopic (exact) mass is 682 g/mol. The average Bonchev–Trinajstić information content (AvgIpc) is 3.19. The fourth-order valence-corrected chi connectivity index (χ4v) is 12.7. The molecule has 0 aliphatic rings. The van der Waals surface area contributed by atoms with Gasteiger partial charge in [-0.05, 0) is 43.8 Å². The van der Waals surface area contributed by atoms with Gasteiger partial charge in [-0.15, -0.1) is 0 Å². The van der Waals surface area contributed by atoms with Gasteiger partial charge in [-0.2, -0.15) is 0 Å². The van der Waals surface area contributed by atoms with Crippen molar-refractivity contribution in [3.8, 4) is 11.1 Å². The van der Waals surface area contributed by atoms with E-state index in [1.807, 2.05) is 121 Å². The molecule has 0 heterocycles. The van der Waals surface area contributed by atoms with Gasteiger partial charge in [0.15, 0.2) is 0 Å². The minimum absolute atomic E-state index is 0.426. The Bertz CT molecular complexity index is 2260. The number of hydrogen-bond donors (Lipinski definition) is 0. The third-order valence-electron chi connectivity index (χ3n) is 9.80. The zero-order chi connectivity index (χ0) is 34.0. The van der Waals surface area contributed by atoms with E-state index in [0.29, 0.717) is 12.3 Å². The summed E-state index contributed by atoms with van der Waals surface area (Å²) < 4.78 is 30.2. The topological polar surface area (TPSA) is 34.1 Å². The van der Waals surface area contributed by atoms with E-state index in [-0.39, 0.29) is 0 Å². The van der Waals surface area contributed by atoms with E-state index in [2.05, 4.69) is 72.8 Å². The lowest BCUT2D eigenvalue weighted by molar-refractivity contribution is 0.585. The highest BCUT2D eigenvalue weighted by Gasteiger charge is 2.30. The summed E-state index contributed by atoms with van der Waals surface area (Å²) >= 11 is 0. The van der Waals surface area contributed by atoms with Crippen molar-refractivity contribution in [2.24, 2.45) is 0 Å². The summed E-state index contributed by atoms with van der Waals surface area (Å²) in [5.74, 6) is 0. The quantitative estimate of drug-likeness (QED) is 0.142. The van der Waals surface area contributed by atoms with Crippen LogP contribution in [-0.2, 0) is 21.5 Å². The molecule has 0 aromatic heterocycles. The minimum atomic E-state index is -2.98. The fourth-order valence-electron chi connectivity index (χ4n) is 7.29. The van der Waals surface area contributed by atoms with E-state index in [0.717, 1.165) is 65.0 Å². The molecule has 4 heteroatoms. The van der Waals surface area contributed by atoms with Crippen LogP contribution in [0.25, 0.3) is 32.7 Å². The zero-order valence-corrected chi connectivity index (χ0v) is 29.4. The van der Waals surface area contributed by atoms with Crippen molar-refractivity contribution in [2.75, 3.05) is 0 Å². The van der Waals surface area contributed by atoms with Gasteiger partial charge in [-0.1, -0.05) is 194 Å². The van der Waals surface area contributed by atoms with Gasteiger partial charge in [0.05, 0.1) is 0 Å². The molecule has 0 fully saturated rings. The maximum atomic E-state index is 15.1. The smallest absolute Gasteiger partial charge is 0.147 e. The standard InChI is InChI=1S/C46H36O2P2/c47-49(37-17-5-1-6-18-37,38-19-7-2-8-20-38)33-35-29-31-45(43-27-15-13-25-41(35)43)46-32-30-36(42-26-14-16-28-44(42)46)34-50(48,39-21-9-3-10-22-39)40-23-11-4-12-24-40/h1-32H,33-34H2. The molecule has 0 amide bonds. The first-order chi connectivity index (χ1) is 24.5. The van der Waals surface area contributed by atoms with E-state index in [9.17, 15) is 0 Å². The number of benzene rings is 8. The van der Waals surface area contributed by atoms with Crippen LogP contribution in [0.4, 0.5) is 0 Å². The predicted molar refractivity (Wildman–Crippen MR) is 214 cm³/mol. The summed E-state index contributed by atoms with van der Waals surface area (Å²) in [7, 11) is -5.96. The lowest BCUT2D eigenvalue weighted by Gasteiger charge is -2.22. The maximum absolute atomic E-state index is 15.1. The van der Waals surface area contributed by atoms with Gasteiger partial charge in [0.1, 0.15) is 14.3 Å². The van der Waals surface area contributed by atoms with Crippen LogP contribution in [-0.4, -0.2) is 0 Å². The lowest BCUT2D eigenvalue weighted by Crippen LogP contribution is -2.17. The Morgan fingerprint density at radius 1 is 0.280 bits per heavy atom.